The van der Waals surface area contributed by atoms with Crippen LogP contribution in [0.15, 0.2) is 60.7 Å². The fraction of sp³-hybridized carbons (Fsp3) is 0.174. The molecule has 7 nitrogen and oxygen atoms in total. The zero-order valence-corrected chi connectivity index (χ0v) is 16.6. The van der Waals surface area contributed by atoms with Crippen molar-refractivity contribution in [2.75, 3.05) is 24.5 Å². The van der Waals surface area contributed by atoms with Gasteiger partial charge in [-0.1, -0.05) is 42.2 Å². The highest BCUT2D eigenvalue weighted by atomic mass is 16.2. The van der Waals surface area contributed by atoms with E-state index in [1.54, 1.807) is 22.7 Å². The van der Waals surface area contributed by atoms with Crippen LogP contribution in [-0.4, -0.2) is 41.4 Å². The maximum Gasteiger partial charge on any atom is 0.321 e. The van der Waals surface area contributed by atoms with Crippen LogP contribution in [0.2, 0.25) is 0 Å². The second kappa shape index (κ2) is 8.53. The lowest BCUT2D eigenvalue weighted by molar-refractivity contribution is 0.0949. The van der Waals surface area contributed by atoms with E-state index in [1.807, 2.05) is 54.6 Å². The van der Waals surface area contributed by atoms with Gasteiger partial charge in [-0.25, -0.2) is 4.79 Å². The predicted molar refractivity (Wildman–Crippen MR) is 115 cm³/mol. The van der Waals surface area contributed by atoms with E-state index < -0.39 is 0 Å². The second-order valence-corrected chi connectivity index (χ2v) is 6.82. The molecule has 2 N–H and O–H groups in total. The van der Waals surface area contributed by atoms with Crippen LogP contribution >= 0.6 is 0 Å². The monoisotopic (exact) mass is 399 g/mol. The molecular formula is C23H21N5O2. The van der Waals surface area contributed by atoms with Gasteiger partial charge in [0.05, 0.1) is 12.2 Å². The third-order valence-corrected chi connectivity index (χ3v) is 4.79. The van der Waals surface area contributed by atoms with E-state index in [0.29, 0.717) is 18.8 Å². The number of anilines is 1. The van der Waals surface area contributed by atoms with E-state index in [-0.39, 0.29) is 18.5 Å². The van der Waals surface area contributed by atoms with Gasteiger partial charge >= 0.3 is 6.03 Å². The van der Waals surface area contributed by atoms with Crippen molar-refractivity contribution in [3.05, 3.63) is 71.9 Å². The van der Waals surface area contributed by atoms with Gasteiger partial charge in [0.2, 0.25) is 0 Å². The van der Waals surface area contributed by atoms with E-state index in [0.717, 1.165) is 22.5 Å². The van der Waals surface area contributed by atoms with Gasteiger partial charge in [0, 0.05) is 37.0 Å². The number of aryl methyl sites for hydroxylation is 1. The lowest BCUT2D eigenvalue weighted by atomic mass is 10.1. The van der Waals surface area contributed by atoms with Crippen LogP contribution in [0.5, 0.6) is 0 Å². The summed E-state index contributed by atoms with van der Waals surface area (Å²) in [4.78, 5) is 25.8. The Morgan fingerprint density at radius 3 is 2.63 bits per heavy atom. The number of hydrogen-bond donors (Lipinski definition) is 2. The molecule has 2 aromatic carbocycles. The van der Waals surface area contributed by atoms with Crippen LogP contribution in [0.4, 0.5) is 10.5 Å². The molecular weight excluding hydrogens is 378 g/mol. The van der Waals surface area contributed by atoms with Gasteiger partial charge in [0.25, 0.3) is 5.91 Å². The van der Waals surface area contributed by atoms with Crippen LogP contribution in [0.1, 0.15) is 16.1 Å². The molecule has 1 fully saturated rings. The molecule has 4 rings (SSSR count). The fourth-order valence-corrected chi connectivity index (χ4v) is 3.23. The van der Waals surface area contributed by atoms with Gasteiger partial charge in [-0.15, -0.1) is 0 Å². The highest BCUT2D eigenvalue weighted by Gasteiger charge is 2.20. The number of amides is 3. The van der Waals surface area contributed by atoms with Crippen LogP contribution in [-0.2, 0) is 7.05 Å². The van der Waals surface area contributed by atoms with E-state index in [9.17, 15) is 9.59 Å². The minimum absolute atomic E-state index is 0.0814. The smallest absolute Gasteiger partial charge is 0.321 e. The summed E-state index contributed by atoms with van der Waals surface area (Å²) < 4.78 is 1.57. The molecule has 7 heteroatoms. The third-order valence-electron chi connectivity index (χ3n) is 4.79. The molecule has 3 aromatic rings. The summed E-state index contributed by atoms with van der Waals surface area (Å²) in [6.45, 7) is 1.54. The van der Waals surface area contributed by atoms with Crippen molar-refractivity contribution in [1.82, 2.24) is 20.4 Å². The maximum absolute atomic E-state index is 12.5. The Labute approximate surface area is 174 Å². The average molecular weight is 399 g/mol. The first-order chi connectivity index (χ1) is 14.6. The van der Waals surface area contributed by atoms with Gasteiger partial charge < -0.3 is 10.6 Å². The summed E-state index contributed by atoms with van der Waals surface area (Å²) in [6.07, 6.45) is 0. The Morgan fingerprint density at radius 1 is 1.17 bits per heavy atom. The molecule has 0 atom stereocenters. The summed E-state index contributed by atoms with van der Waals surface area (Å²) in [7, 11) is 1.75. The number of hydrogen-bond acceptors (Lipinski definition) is 3. The molecule has 1 aliphatic heterocycles. The largest absolute Gasteiger partial charge is 0.340 e. The fourth-order valence-electron chi connectivity index (χ4n) is 3.23. The molecule has 1 aliphatic rings. The van der Waals surface area contributed by atoms with E-state index >= 15 is 0 Å². The molecule has 0 spiro atoms. The lowest BCUT2D eigenvalue weighted by Gasteiger charge is -2.13. The summed E-state index contributed by atoms with van der Waals surface area (Å²) in [5, 5.41) is 9.99. The first kappa shape index (κ1) is 19.3. The van der Waals surface area contributed by atoms with Crippen LogP contribution < -0.4 is 15.5 Å². The molecule has 1 saturated heterocycles. The Bertz CT molecular complexity index is 1120. The minimum atomic E-state index is -0.225. The Balaban J connectivity index is 1.35. The predicted octanol–water partition coefficient (Wildman–Crippen LogP) is 2.40. The van der Waals surface area contributed by atoms with E-state index in [2.05, 4.69) is 27.6 Å². The van der Waals surface area contributed by atoms with E-state index in [4.69, 9.17) is 0 Å². The quantitative estimate of drug-likeness (QED) is 0.662. The van der Waals surface area contributed by atoms with Crippen molar-refractivity contribution in [2.24, 2.45) is 7.05 Å². The van der Waals surface area contributed by atoms with Gasteiger partial charge in [-0.2, -0.15) is 5.10 Å². The Morgan fingerprint density at radius 2 is 1.93 bits per heavy atom. The SMILES string of the molecule is Cn1nc(-c2ccccc2)cc1C(=O)NCC#Cc1ccc(N2CCNC2=O)cc1. The summed E-state index contributed by atoms with van der Waals surface area (Å²) in [5.41, 5.74) is 3.85. The zero-order valence-electron chi connectivity index (χ0n) is 16.6. The molecule has 150 valence electrons. The average Bonchev–Trinajstić information content (AvgIpc) is 3.38. The Hall–Kier alpha value is -4.05. The number of nitrogens with zero attached hydrogens (tertiary/aromatic N) is 3. The lowest BCUT2D eigenvalue weighted by Crippen LogP contribution is -2.27. The molecule has 0 bridgehead atoms. The van der Waals surface area contributed by atoms with Gasteiger partial charge in [0.1, 0.15) is 5.69 Å². The number of carbonyl (C=O) groups excluding carboxylic acids is 2. The first-order valence-corrected chi connectivity index (χ1v) is 9.64. The van der Waals surface area contributed by atoms with Crippen molar-refractivity contribution in [3.8, 4) is 23.1 Å². The molecule has 3 amide bonds. The molecule has 1 aromatic heterocycles. The van der Waals surface area contributed by atoms with Crippen molar-refractivity contribution in [2.45, 2.75) is 0 Å². The molecule has 0 aliphatic carbocycles. The highest BCUT2D eigenvalue weighted by Crippen LogP contribution is 2.18. The molecule has 30 heavy (non-hydrogen) atoms. The van der Waals surface area contributed by atoms with Crippen molar-refractivity contribution in [1.29, 1.82) is 0 Å². The van der Waals surface area contributed by atoms with E-state index in [1.165, 1.54) is 0 Å². The molecule has 0 radical (unpaired) electrons. The molecule has 2 heterocycles. The highest BCUT2D eigenvalue weighted by molar-refractivity contribution is 5.94. The molecule has 0 saturated carbocycles. The normalized spacial score (nSPS) is 12.8. The number of benzene rings is 2. The van der Waals surface area contributed by atoms with Crippen molar-refractivity contribution >= 4 is 17.6 Å². The van der Waals surface area contributed by atoms with Gasteiger partial charge in [-0.05, 0) is 30.3 Å². The van der Waals surface area contributed by atoms with Crippen LogP contribution in [0.3, 0.4) is 0 Å². The number of rotatable bonds is 4. The second-order valence-electron chi connectivity index (χ2n) is 6.82. The topological polar surface area (TPSA) is 79.3 Å². The number of aromatic nitrogens is 2. The van der Waals surface area contributed by atoms with Crippen LogP contribution in [0.25, 0.3) is 11.3 Å². The van der Waals surface area contributed by atoms with Gasteiger partial charge in [0.15, 0.2) is 0 Å². The van der Waals surface area contributed by atoms with Crippen molar-refractivity contribution in [3.63, 3.8) is 0 Å². The molecule has 0 unspecified atom stereocenters. The summed E-state index contributed by atoms with van der Waals surface area (Å²) in [5.74, 6) is 5.75. The summed E-state index contributed by atoms with van der Waals surface area (Å²) >= 11 is 0. The first-order valence-electron chi connectivity index (χ1n) is 9.64. The number of nitrogens with one attached hydrogen (secondary N) is 2. The Kier molecular flexibility index (Phi) is 5.48. The standard InChI is InChI=1S/C23H21N5O2/c1-27-21(16-20(26-27)18-7-3-2-4-8-18)22(29)24-13-5-6-17-9-11-19(12-10-17)28-15-14-25-23(28)30/h2-4,7-12,16H,13-15H2,1H3,(H,24,29)(H,25,30). The minimum Gasteiger partial charge on any atom is -0.340 e. The third kappa shape index (κ3) is 4.18. The van der Waals surface area contributed by atoms with Crippen LogP contribution in [0, 0.1) is 11.8 Å². The number of carbonyl (C=O) groups is 2. The van der Waals surface area contributed by atoms with Gasteiger partial charge in [-0.3, -0.25) is 14.4 Å². The number of urea groups is 1. The maximum atomic E-state index is 12.5. The zero-order chi connectivity index (χ0) is 20.9. The van der Waals surface area contributed by atoms with Crippen molar-refractivity contribution < 1.29 is 9.59 Å². The summed E-state index contributed by atoms with van der Waals surface area (Å²) in [6, 6.07) is 18.9.